The highest BCUT2D eigenvalue weighted by Gasteiger charge is 2.38. The van der Waals surface area contributed by atoms with Gasteiger partial charge < -0.3 is 5.32 Å². The molecule has 0 saturated heterocycles. The third-order valence-electron chi connectivity index (χ3n) is 3.37. The molecule has 0 bridgehead atoms. The van der Waals surface area contributed by atoms with E-state index in [1.807, 2.05) is 0 Å². The molecule has 0 aliphatic rings. The van der Waals surface area contributed by atoms with Gasteiger partial charge in [0.25, 0.3) is 0 Å². The lowest BCUT2D eigenvalue weighted by Crippen LogP contribution is -2.17. The second kappa shape index (κ2) is 6.82. The van der Waals surface area contributed by atoms with Crippen LogP contribution in [0.1, 0.15) is 18.7 Å². The average Bonchev–Trinajstić information content (AvgIpc) is 3.04. The molecule has 0 spiro atoms. The zero-order valence-corrected chi connectivity index (χ0v) is 13.9. The van der Waals surface area contributed by atoms with Crippen molar-refractivity contribution in [1.82, 2.24) is 29.9 Å². The molecule has 3 heterocycles. The lowest BCUT2D eigenvalue weighted by atomic mass is 10.3. The number of hydrogen-bond acceptors (Lipinski definition) is 6. The van der Waals surface area contributed by atoms with Gasteiger partial charge in [0.1, 0.15) is 10.5 Å². The van der Waals surface area contributed by atoms with Gasteiger partial charge in [-0.2, -0.15) is 13.2 Å². The summed E-state index contributed by atoms with van der Waals surface area (Å²) in [5, 5.41) is 9.77. The highest BCUT2D eigenvalue weighted by Crippen LogP contribution is 2.32. The fourth-order valence-electron chi connectivity index (χ4n) is 2.24. The van der Waals surface area contributed by atoms with E-state index in [2.05, 4.69) is 25.5 Å². The van der Waals surface area contributed by atoms with Crippen molar-refractivity contribution in [3.05, 3.63) is 24.2 Å². The first-order chi connectivity index (χ1) is 11.9. The second-order valence-corrected chi connectivity index (χ2v) is 6.15. The smallest absolute Gasteiger partial charge is 0.359 e. The predicted molar refractivity (Wildman–Crippen MR) is 85.1 cm³/mol. The number of halogens is 3. The summed E-state index contributed by atoms with van der Waals surface area (Å²) in [6.45, 7) is 0. The van der Waals surface area contributed by atoms with Crippen LogP contribution in [0.5, 0.6) is 0 Å². The summed E-state index contributed by atoms with van der Waals surface area (Å²) < 4.78 is 40.5. The van der Waals surface area contributed by atoms with Gasteiger partial charge in [-0.05, 0) is 18.6 Å². The Bertz CT molecular complexity index is 926. The molecule has 1 N–H and O–H groups in total. The number of carbonyl (C=O) groups excluding carboxylic acids is 1. The van der Waals surface area contributed by atoms with Crippen LogP contribution in [0.4, 0.5) is 13.2 Å². The first-order valence-electron chi connectivity index (χ1n) is 7.32. The molecule has 1 amide bonds. The van der Waals surface area contributed by atoms with Gasteiger partial charge in [-0.25, -0.2) is 9.97 Å². The molecule has 3 aromatic heterocycles. The second-order valence-electron chi connectivity index (χ2n) is 5.07. The lowest BCUT2D eigenvalue weighted by Gasteiger charge is -2.08. The van der Waals surface area contributed by atoms with Gasteiger partial charge in [-0.1, -0.05) is 0 Å². The monoisotopic (exact) mass is 370 g/mol. The summed E-state index contributed by atoms with van der Waals surface area (Å²) in [4.78, 5) is 19.6. The number of thioether (sulfide) groups is 1. The van der Waals surface area contributed by atoms with Crippen LogP contribution in [-0.2, 0) is 11.0 Å². The van der Waals surface area contributed by atoms with Crippen LogP contribution in [0.3, 0.4) is 0 Å². The Hall–Kier alpha value is -2.43. The Morgan fingerprint density at radius 2 is 2.12 bits per heavy atom. The molecule has 0 fully saturated rings. The lowest BCUT2D eigenvalue weighted by molar-refractivity contribution is -0.145. The predicted octanol–water partition coefficient (Wildman–Crippen LogP) is 2.31. The molecule has 0 aliphatic carbocycles. The third kappa shape index (κ3) is 3.50. The van der Waals surface area contributed by atoms with Crippen LogP contribution in [-0.4, -0.2) is 43.3 Å². The van der Waals surface area contributed by atoms with Crippen LogP contribution < -0.4 is 5.32 Å². The molecule has 0 aromatic carbocycles. The Labute approximate surface area is 144 Å². The van der Waals surface area contributed by atoms with Crippen LogP contribution in [0.2, 0.25) is 0 Å². The molecule has 3 aromatic rings. The van der Waals surface area contributed by atoms with E-state index in [4.69, 9.17) is 0 Å². The number of aromatic nitrogens is 5. The zero-order valence-electron chi connectivity index (χ0n) is 13.0. The summed E-state index contributed by atoms with van der Waals surface area (Å²) in [5.41, 5.74) is 0.363. The normalized spacial score (nSPS) is 12.0. The maximum Gasteiger partial charge on any atom is 0.452 e. The Balaban J connectivity index is 2.00. The van der Waals surface area contributed by atoms with Gasteiger partial charge in [-0.15, -0.1) is 22.0 Å². The van der Waals surface area contributed by atoms with E-state index in [1.54, 1.807) is 19.2 Å². The molecule has 132 valence electrons. The van der Waals surface area contributed by atoms with Crippen LogP contribution in [0.25, 0.3) is 16.8 Å². The van der Waals surface area contributed by atoms with E-state index >= 15 is 0 Å². The van der Waals surface area contributed by atoms with Crippen molar-refractivity contribution in [2.24, 2.45) is 0 Å². The van der Waals surface area contributed by atoms with Gasteiger partial charge >= 0.3 is 6.18 Å². The third-order valence-corrected chi connectivity index (χ3v) is 4.41. The maximum atomic E-state index is 13.2. The minimum absolute atomic E-state index is 0.00321. The van der Waals surface area contributed by atoms with Crippen molar-refractivity contribution in [3.8, 4) is 0 Å². The van der Waals surface area contributed by atoms with Gasteiger partial charge in [0.15, 0.2) is 11.3 Å². The van der Waals surface area contributed by atoms with Crippen LogP contribution >= 0.6 is 11.8 Å². The quantitative estimate of drug-likeness (QED) is 0.548. The number of alkyl halides is 3. The number of carbonyl (C=O) groups is 1. The van der Waals surface area contributed by atoms with E-state index in [0.717, 1.165) is 4.40 Å². The van der Waals surface area contributed by atoms with Crippen molar-refractivity contribution >= 4 is 34.5 Å². The number of rotatable bonds is 5. The van der Waals surface area contributed by atoms with Gasteiger partial charge in [0.2, 0.25) is 11.7 Å². The van der Waals surface area contributed by atoms with Crippen LogP contribution in [0.15, 0.2) is 23.4 Å². The number of nitrogens with one attached hydrogen (secondary N) is 1. The Morgan fingerprint density at radius 3 is 2.84 bits per heavy atom. The summed E-state index contributed by atoms with van der Waals surface area (Å²) >= 11 is 1.23. The van der Waals surface area contributed by atoms with Crippen molar-refractivity contribution in [3.63, 3.8) is 0 Å². The first-order valence-corrected chi connectivity index (χ1v) is 8.31. The number of hydrogen-bond donors (Lipinski definition) is 1. The molecule has 25 heavy (non-hydrogen) atoms. The maximum absolute atomic E-state index is 13.2. The highest BCUT2D eigenvalue weighted by atomic mass is 32.2. The van der Waals surface area contributed by atoms with E-state index in [9.17, 15) is 18.0 Å². The van der Waals surface area contributed by atoms with Crippen molar-refractivity contribution in [2.45, 2.75) is 24.0 Å². The SMILES string of the molecule is CNC(=O)CCCSc1nc2cccnc2n2c(C(F)(F)F)nnc12. The fourth-order valence-corrected chi connectivity index (χ4v) is 3.14. The minimum Gasteiger partial charge on any atom is -0.359 e. The Kier molecular flexibility index (Phi) is 4.75. The van der Waals surface area contributed by atoms with Crippen molar-refractivity contribution in [1.29, 1.82) is 0 Å². The highest BCUT2D eigenvalue weighted by molar-refractivity contribution is 7.99. The molecule has 0 saturated carbocycles. The zero-order chi connectivity index (χ0) is 18.0. The largest absolute Gasteiger partial charge is 0.452 e. The summed E-state index contributed by atoms with van der Waals surface area (Å²) in [7, 11) is 1.55. The molecule has 0 radical (unpaired) electrons. The average molecular weight is 370 g/mol. The summed E-state index contributed by atoms with van der Waals surface area (Å²) in [6, 6.07) is 3.18. The molecule has 3 rings (SSSR count). The van der Waals surface area contributed by atoms with Gasteiger partial charge in [0, 0.05) is 25.4 Å². The molecule has 7 nitrogen and oxygen atoms in total. The summed E-state index contributed by atoms with van der Waals surface area (Å²) in [5.74, 6) is -0.722. The Morgan fingerprint density at radius 1 is 1.32 bits per heavy atom. The standard InChI is InChI=1S/C14H13F3N6OS/c1-18-9(24)5-3-7-25-12-11-21-22-13(14(15,16)17)23(11)10-8(20-12)4-2-6-19-10/h2,4,6H,3,5,7H2,1H3,(H,18,24). The number of nitrogens with zero attached hydrogens (tertiary/aromatic N) is 5. The van der Waals surface area contributed by atoms with Crippen molar-refractivity contribution < 1.29 is 18.0 Å². The fraction of sp³-hybridized carbons (Fsp3) is 0.357. The number of pyridine rings is 1. The minimum atomic E-state index is -4.66. The molecule has 0 unspecified atom stereocenters. The van der Waals surface area contributed by atoms with Crippen molar-refractivity contribution in [2.75, 3.05) is 12.8 Å². The van der Waals surface area contributed by atoms with Gasteiger partial charge in [-0.3, -0.25) is 9.20 Å². The van der Waals surface area contributed by atoms with Crippen LogP contribution in [0, 0.1) is 0 Å². The summed E-state index contributed by atoms with van der Waals surface area (Å²) in [6.07, 6.45) is -2.38. The molecule has 11 heteroatoms. The molecular weight excluding hydrogens is 357 g/mol. The molecule has 0 atom stereocenters. The topological polar surface area (TPSA) is 85.1 Å². The van der Waals surface area contributed by atoms with Gasteiger partial charge in [0.05, 0.1) is 0 Å². The molecular formula is C14H13F3N6OS. The number of fused-ring (bicyclic) bond motifs is 3. The van der Waals surface area contributed by atoms with E-state index in [1.165, 1.54) is 18.0 Å². The number of amides is 1. The van der Waals surface area contributed by atoms with E-state index in [0.29, 0.717) is 29.1 Å². The van der Waals surface area contributed by atoms with E-state index < -0.39 is 12.0 Å². The first kappa shape index (κ1) is 17.4. The molecule has 0 aliphatic heterocycles. The van der Waals surface area contributed by atoms with E-state index in [-0.39, 0.29) is 17.2 Å².